The Morgan fingerprint density at radius 2 is 2.44 bits per heavy atom. The van der Waals surface area contributed by atoms with Crippen molar-refractivity contribution in [2.45, 2.75) is 32.4 Å². The molecule has 1 aliphatic heterocycles. The molecule has 1 saturated heterocycles. The number of nitrogens with zero attached hydrogens (tertiary/aromatic N) is 1. The number of pyridine rings is 1. The lowest BCUT2D eigenvalue weighted by molar-refractivity contribution is 0.0146. The Kier molecular flexibility index (Phi) is 4.97. The van der Waals surface area contributed by atoms with Gasteiger partial charge in [-0.15, -0.1) is 0 Å². The highest BCUT2D eigenvalue weighted by Gasteiger charge is 2.15. The van der Waals surface area contributed by atoms with Gasteiger partial charge >= 0.3 is 0 Å². The summed E-state index contributed by atoms with van der Waals surface area (Å²) < 4.78 is 13.6. The number of hydrogen-bond acceptors (Lipinski definition) is 3. The zero-order chi connectivity index (χ0) is 13.0. The molecule has 2 heterocycles. The number of hydrogen-bond donors (Lipinski definition) is 0. The molecule has 1 aliphatic rings. The molecule has 1 fully saturated rings. The summed E-state index contributed by atoms with van der Waals surface area (Å²) >= 11 is 3.39. The van der Waals surface area contributed by atoms with E-state index in [1.807, 2.05) is 13.0 Å². The normalized spacial score (nSPS) is 19.3. The van der Waals surface area contributed by atoms with E-state index in [1.54, 1.807) is 10.8 Å². The van der Waals surface area contributed by atoms with Crippen LogP contribution < -0.4 is 5.56 Å². The monoisotopic (exact) mass is 315 g/mol. The van der Waals surface area contributed by atoms with Gasteiger partial charge in [0.2, 0.25) is 0 Å². The molecule has 0 radical (unpaired) electrons. The van der Waals surface area contributed by atoms with Gasteiger partial charge in [-0.3, -0.25) is 4.79 Å². The van der Waals surface area contributed by atoms with Gasteiger partial charge in [0.25, 0.3) is 5.56 Å². The molecular formula is C13H18BrNO3. The number of rotatable bonds is 5. The molecule has 0 spiro atoms. The minimum absolute atomic E-state index is 0.0407. The van der Waals surface area contributed by atoms with Gasteiger partial charge < -0.3 is 14.0 Å². The quantitative estimate of drug-likeness (QED) is 0.781. The first-order valence-corrected chi connectivity index (χ1v) is 7.02. The highest BCUT2D eigenvalue weighted by atomic mass is 79.9. The third-order valence-corrected chi connectivity index (χ3v) is 3.47. The summed E-state index contributed by atoms with van der Waals surface area (Å²) in [6.07, 6.45) is 4.24. The average Bonchev–Trinajstić information content (AvgIpc) is 2.83. The molecule has 2 rings (SSSR count). The fourth-order valence-electron chi connectivity index (χ4n) is 2.06. The average molecular weight is 316 g/mol. The summed E-state index contributed by atoms with van der Waals surface area (Å²) in [4.78, 5) is 11.8. The largest absolute Gasteiger partial charge is 0.377 e. The van der Waals surface area contributed by atoms with E-state index in [2.05, 4.69) is 15.9 Å². The van der Waals surface area contributed by atoms with Gasteiger partial charge in [-0.1, -0.05) is 0 Å². The molecule has 1 atom stereocenters. The van der Waals surface area contributed by atoms with Gasteiger partial charge in [0.1, 0.15) is 0 Å². The Balaban J connectivity index is 1.81. The van der Waals surface area contributed by atoms with Crippen LogP contribution in [0.15, 0.2) is 21.5 Å². The van der Waals surface area contributed by atoms with Crippen LogP contribution in [0.1, 0.15) is 18.4 Å². The standard InChI is InChI=1S/C13H18BrNO3/c1-10-7-11(14)8-15(13(10)16)4-6-17-9-12-3-2-5-18-12/h7-8,12H,2-6,9H2,1H3/t12-/m0/s1. The van der Waals surface area contributed by atoms with E-state index in [-0.39, 0.29) is 11.7 Å². The van der Waals surface area contributed by atoms with Gasteiger partial charge in [0.05, 0.1) is 19.3 Å². The van der Waals surface area contributed by atoms with E-state index >= 15 is 0 Å². The van der Waals surface area contributed by atoms with Crippen molar-refractivity contribution in [2.75, 3.05) is 19.8 Å². The van der Waals surface area contributed by atoms with E-state index < -0.39 is 0 Å². The maximum absolute atomic E-state index is 11.8. The Labute approximate surface area is 115 Å². The van der Waals surface area contributed by atoms with Crippen LogP contribution in [0.4, 0.5) is 0 Å². The zero-order valence-electron chi connectivity index (χ0n) is 10.5. The molecule has 0 unspecified atom stereocenters. The number of aromatic nitrogens is 1. The summed E-state index contributed by atoms with van der Waals surface area (Å²) in [7, 11) is 0. The number of ether oxygens (including phenoxy) is 2. The molecule has 5 heteroatoms. The molecule has 0 bridgehead atoms. The summed E-state index contributed by atoms with van der Waals surface area (Å²) in [5, 5.41) is 0. The molecule has 0 amide bonds. The smallest absolute Gasteiger partial charge is 0.253 e. The molecule has 0 N–H and O–H groups in total. The first-order chi connectivity index (χ1) is 8.66. The molecule has 0 saturated carbocycles. The SMILES string of the molecule is Cc1cc(Br)cn(CCOC[C@@H]2CCCO2)c1=O. The fourth-order valence-corrected chi connectivity index (χ4v) is 2.65. The van der Waals surface area contributed by atoms with Gasteiger partial charge in [0, 0.05) is 29.4 Å². The van der Waals surface area contributed by atoms with Crippen LogP contribution in [-0.2, 0) is 16.0 Å². The predicted octanol–water partition coefficient (Wildman–Crippen LogP) is 2.11. The Bertz CT molecular complexity index is 452. The second kappa shape index (κ2) is 6.50. The van der Waals surface area contributed by atoms with Crippen molar-refractivity contribution in [1.29, 1.82) is 0 Å². The van der Waals surface area contributed by atoms with E-state index in [9.17, 15) is 4.79 Å². The van der Waals surface area contributed by atoms with Crippen LogP contribution >= 0.6 is 15.9 Å². The highest BCUT2D eigenvalue weighted by molar-refractivity contribution is 9.10. The molecular weight excluding hydrogens is 298 g/mol. The van der Waals surface area contributed by atoms with Crippen LogP contribution in [0.5, 0.6) is 0 Å². The molecule has 4 nitrogen and oxygen atoms in total. The lowest BCUT2D eigenvalue weighted by Gasteiger charge is -2.11. The predicted molar refractivity (Wildman–Crippen MR) is 72.9 cm³/mol. The molecule has 1 aromatic rings. The third-order valence-electron chi connectivity index (χ3n) is 3.04. The first-order valence-electron chi connectivity index (χ1n) is 6.23. The highest BCUT2D eigenvalue weighted by Crippen LogP contribution is 2.12. The summed E-state index contributed by atoms with van der Waals surface area (Å²) in [5.41, 5.74) is 0.780. The minimum Gasteiger partial charge on any atom is -0.377 e. The van der Waals surface area contributed by atoms with Crippen molar-refractivity contribution in [3.05, 3.63) is 32.7 Å². The maximum Gasteiger partial charge on any atom is 0.253 e. The molecule has 100 valence electrons. The van der Waals surface area contributed by atoms with E-state index in [1.165, 1.54) is 0 Å². The lowest BCUT2D eigenvalue weighted by atomic mass is 10.2. The van der Waals surface area contributed by atoms with Gasteiger partial charge in [-0.05, 0) is 41.8 Å². The number of halogens is 1. The summed E-state index contributed by atoms with van der Waals surface area (Å²) in [6.45, 7) is 4.40. The van der Waals surface area contributed by atoms with E-state index in [0.717, 1.165) is 29.5 Å². The van der Waals surface area contributed by atoms with Crippen LogP contribution in [0.3, 0.4) is 0 Å². The topological polar surface area (TPSA) is 40.5 Å². The first kappa shape index (κ1) is 13.8. The van der Waals surface area contributed by atoms with Crippen molar-refractivity contribution in [3.8, 4) is 0 Å². The third kappa shape index (κ3) is 3.67. The van der Waals surface area contributed by atoms with Crippen molar-refractivity contribution >= 4 is 15.9 Å². The molecule has 18 heavy (non-hydrogen) atoms. The van der Waals surface area contributed by atoms with Crippen LogP contribution in [0.2, 0.25) is 0 Å². The Morgan fingerprint density at radius 3 is 3.17 bits per heavy atom. The van der Waals surface area contributed by atoms with E-state index in [4.69, 9.17) is 9.47 Å². The zero-order valence-corrected chi connectivity index (χ0v) is 12.1. The van der Waals surface area contributed by atoms with Gasteiger partial charge in [0.15, 0.2) is 0 Å². The fraction of sp³-hybridized carbons (Fsp3) is 0.615. The second-order valence-corrected chi connectivity index (χ2v) is 5.47. The summed E-state index contributed by atoms with van der Waals surface area (Å²) in [6, 6.07) is 1.83. The van der Waals surface area contributed by atoms with Gasteiger partial charge in [-0.25, -0.2) is 0 Å². The Morgan fingerprint density at radius 1 is 1.61 bits per heavy atom. The molecule has 1 aromatic heterocycles. The Hall–Kier alpha value is -0.650. The maximum atomic E-state index is 11.8. The van der Waals surface area contributed by atoms with Crippen LogP contribution in [0.25, 0.3) is 0 Å². The summed E-state index contributed by atoms with van der Waals surface area (Å²) in [5.74, 6) is 0. The van der Waals surface area contributed by atoms with Crippen LogP contribution in [0, 0.1) is 6.92 Å². The number of aryl methyl sites for hydroxylation is 1. The molecule has 0 aliphatic carbocycles. The van der Waals surface area contributed by atoms with Crippen molar-refractivity contribution in [2.24, 2.45) is 0 Å². The lowest BCUT2D eigenvalue weighted by Crippen LogP contribution is -2.25. The van der Waals surface area contributed by atoms with E-state index in [0.29, 0.717) is 19.8 Å². The minimum atomic E-state index is 0.0407. The van der Waals surface area contributed by atoms with Crippen molar-refractivity contribution < 1.29 is 9.47 Å². The second-order valence-electron chi connectivity index (χ2n) is 4.55. The van der Waals surface area contributed by atoms with Crippen LogP contribution in [-0.4, -0.2) is 30.5 Å². The van der Waals surface area contributed by atoms with Crippen molar-refractivity contribution in [3.63, 3.8) is 0 Å². The van der Waals surface area contributed by atoms with Crippen molar-refractivity contribution in [1.82, 2.24) is 4.57 Å². The van der Waals surface area contributed by atoms with Gasteiger partial charge in [-0.2, -0.15) is 0 Å². The molecule has 0 aromatic carbocycles.